The van der Waals surface area contributed by atoms with E-state index >= 15 is 0 Å². The summed E-state index contributed by atoms with van der Waals surface area (Å²) >= 11 is 16.4. The first kappa shape index (κ1) is 20.2. The molecule has 0 aromatic heterocycles. The number of anilines is 1. The molecule has 29 heavy (non-hydrogen) atoms. The Morgan fingerprint density at radius 3 is 2.48 bits per heavy atom. The van der Waals surface area contributed by atoms with Crippen LogP contribution in [0.25, 0.3) is 5.57 Å². The van der Waals surface area contributed by atoms with Gasteiger partial charge in [0, 0.05) is 27.0 Å². The van der Waals surface area contributed by atoms with Crippen LogP contribution in [0.15, 0.2) is 50.8 Å². The third-order valence-electron chi connectivity index (χ3n) is 4.13. The van der Waals surface area contributed by atoms with E-state index in [0.29, 0.717) is 27.0 Å². The highest BCUT2D eigenvalue weighted by molar-refractivity contribution is 9.10. The Kier molecular flexibility index (Phi) is 5.29. The molecule has 2 aromatic carbocycles. The van der Waals surface area contributed by atoms with E-state index in [2.05, 4.69) is 26.2 Å². The van der Waals surface area contributed by atoms with E-state index in [0.717, 1.165) is 21.1 Å². The number of halogens is 3. The molecule has 146 valence electrons. The number of aliphatic imine (C=N–C) groups is 1. The number of rotatable bonds is 1. The smallest absolute Gasteiger partial charge is 0.267 e. The van der Waals surface area contributed by atoms with Crippen molar-refractivity contribution in [1.29, 1.82) is 0 Å². The van der Waals surface area contributed by atoms with Crippen molar-refractivity contribution in [3.05, 3.63) is 61.4 Å². The van der Waals surface area contributed by atoms with Crippen molar-refractivity contribution in [2.75, 3.05) is 4.90 Å². The average molecular weight is 511 g/mol. The summed E-state index contributed by atoms with van der Waals surface area (Å²) in [6, 6.07) is 9.87. The van der Waals surface area contributed by atoms with Gasteiger partial charge in [-0.3, -0.25) is 14.4 Å². The van der Waals surface area contributed by atoms with Gasteiger partial charge in [0.15, 0.2) is 5.17 Å². The molecule has 0 atom stereocenters. The fourth-order valence-corrected chi connectivity index (χ4v) is 4.84. The molecule has 4 rings (SSSR count). The van der Waals surface area contributed by atoms with E-state index < -0.39 is 17.7 Å². The van der Waals surface area contributed by atoms with Crippen molar-refractivity contribution in [2.24, 2.45) is 4.99 Å². The average Bonchev–Trinajstić information content (AvgIpc) is 3.09. The summed E-state index contributed by atoms with van der Waals surface area (Å²) in [7, 11) is 0. The number of amidine groups is 1. The van der Waals surface area contributed by atoms with Gasteiger partial charge in [0.2, 0.25) is 5.91 Å². The van der Waals surface area contributed by atoms with Crippen molar-refractivity contribution in [3.8, 4) is 0 Å². The molecule has 2 aliphatic heterocycles. The number of carbonyl (C=O) groups is 3. The summed E-state index contributed by atoms with van der Waals surface area (Å²) in [6.07, 6.45) is 0. The Morgan fingerprint density at radius 2 is 1.83 bits per heavy atom. The second-order valence-electron chi connectivity index (χ2n) is 6.13. The molecule has 10 heteroatoms. The third-order valence-corrected chi connectivity index (χ3v) is 6.04. The molecule has 1 saturated heterocycles. The minimum atomic E-state index is -0.546. The summed E-state index contributed by atoms with van der Waals surface area (Å²) in [4.78, 5) is 43.2. The molecule has 0 spiro atoms. The molecule has 1 N–H and O–H groups in total. The van der Waals surface area contributed by atoms with Gasteiger partial charge in [-0.2, -0.15) is 0 Å². The van der Waals surface area contributed by atoms with Crippen LogP contribution in [0.1, 0.15) is 12.5 Å². The van der Waals surface area contributed by atoms with Crippen molar-refractivity contribution in [3.63, 3.8) is 0 Å². The molecule has 2 heterocycles. The van der Waals surface area contributed by atoms with Gasteiger partial charge in [0.25, 0.3) is 11.8 Å². The minimum Gasteiger partial charge on any atom is -0.300 e. The highest BCUT2D eigenvalue weighted by atomic mass is 79.9. The first-order valence-electron chi connectivity index (χ1n) is 8.18. The van der Waals surface area contributed by atoms with E-state index in [4.69, 9.17) is 23.2 Å². The van der Waals surface area contributed by atoms with Crippen LogP contribution in [0.5, 0.6) is 0 Å². The normalized spacial score (nSPS) is 19.7. The molecule has 0 saturated carbocycles. The zero-order valence-corrected chi connectivity index (χ0v) is 18.5. The van der Waals surface area contributed by atoms with Crippen LogP contribution in [0.3, 0.4) is 0 Å². The Bertz CT molecular complexity index is 1160. The molecule has 1 fully saturated rings. The Balaban J connectivity index is 1.80. The fourth-order valence-electron chi connectivity index (χ4n) is 3.03. The molecule has 6 nitrogen and oxygen atoms in total. The zero-order chi connectivity index (χ0) is 20.9. The van der Waals surface area contributed by atoms with Crippen molar-refractivity contribution < 1.29 is 14.4 Å². The summed E-state index contributed by atoms with van der Waals surface area (Å²) in [6.45, 7) is 1.30. The van der Waals surface area contributed by atoms with E-state index in [9.17, 15) is 14.4 Å². The van der Waals surface area contributed by atoms with Gasteiger partial charge >= 0.3 is 0 Å². The second kappa shape index (κ2) is 7.60. The monoisotopic (exact) mass is 509 g/mol. The van der Waals surface area contributed by atoms with E-state index in [1.165, 1.54) is 6.92 Å². The van der Waals surface area contributed by atoms with Gasteiger partial charge < -0.3 is 5.32 Å². The maximum Gasteiger partial charge on any atom is 0.267 e. The molecule has 0 aliphatic carbocycles. The molecular formula is C19H10BrCl2N3O3S. The molecule has 0 radical (unpaired) electrons. The number of amides is 3. The number of hydrogen-bond acceptors (Lipinski definition) is 5. The van der Waals surface area contributed by atoms with Crippen LogP contribution in [0.4, 0.5) is 11.4 Å². The van der Waals surface area contributed by atoms with Gasteiger partial charge in [-0.15, -0.1) is 0 Å². The lowest BCUT2D eigenvalue weighted by molar-refractivity contribution is -0.122. The number of carbonyl (C=O) groups excluding carboxylic acids is 3. The van der Waals surface area contributed by atoms with E-state index in [1.54, 1.807) is 36.4 Å². The lowest BCUT2D eigenvalue weighted by Crippen LogP contribution is -2.31. The third kappa shape index (κ3) is 3.73. The standard InChI is InChI=1S/C19H10BrCl2N3O3S/c1-8(26)25-14-3-2-9(20)4-13(14)15(18(25)28)16-17(27)24-19(29-16)23-12-6-10(21)5-11(22)7-12/h2-7H,1H3,(H,23,24,27)/b16-15+. The number of hydrogen-bond donors (Lipinski definition) is 1. The van der Waals surface area contributed by atoms with Crippen LogP contribution in [0, 0.1) is 0 Å². The first-order chi connectivity index (χ1) is 13.7. The maximum absolute atomic E-state index is 13.0. The Labute approximate surface area is 188 Å². The molecule has 0 unspecified atom stereocenters. The number of nitrogens with zero attached hydrogens (tertiary/aromatic N) is 2. The van der Waals surface area contributed by atoms with Gasteiger partial charge in [-0.05, 0) is 48.2 Å². The number of thioether (sulfide) groups is 1. The summed E-state index contributed by atoms with van der Waals surface area (Å²) in [5, 5.41) is 3.74. The van der Waals surface area contributed by atoms with Gasteiger partial charge in [0.05, 0.1) is 21.9 Å². The van der Waals surface area contributed by atoms with Crippen LogP contribution in [-0.2, 0) is 14.4 Å². The van der Waals surface area contributed by atoms with Crippen molar-refractivity contribution in [2.45, 2.75) is 6.92 Å². The molecular weight excluding hydrogens is 501 g/mol. The number of fused-ring (bicyclic) bond motifs is 1. The highest BCUT2D eigenvalue weighted by Gasteiger charge is 2.41. The second-order valence-corrected chi connectivity index (χ2v) is 8.91. The number of imide groups is 1. The maximum atomic E-state index is 13.0. The lowest BCUT2D eigenvalue weighted by atomic mass is 10.1. The van der Waals surface area contributed by atoms with Crippen molar-refractivity contribution in [1.82, 2.24) is 5.32 Å². The molecule has 2 aromatic rings. The van der Waals surface area contributed by atoms with Gasteiger partial charge in [0.1, 0.15) is 0 Å². The lowest BCUT2D eigenvalue weighted by Gasteiger charge is -2.11. The zero-order valence-electron chi connectivity index (χ0n) is 14.6. The molecule has 3 amide bonds. The highest BCUT2D eigenvalue weighted by Crippen LogP contribution is 2.44. The molecule has 0 bridgehead atoms. The van der Waals surface area contributed by atoms with Gasteiger partial charge in [-0.1, -0.05) is 39.1 Å². The fraction of sp³-hybridized carbons (Fsp3) is 0.0526. The van der Waals surface area contributed by atoms with Crippen molar-refractivity contribution >= 4 is 90.7 Å². The van der Waals surface area contributed by atoms with Crippen LogP contribution < -0.4 is 10.2 Å². The SMILES string of the molecule is CC(=O)N1C(=O)/C(=C2/SC(=Nc3cc(Cl)cc(Cl)c3)NC2=O)c2cc(Br)ccc21. The predicted octanol–water partition coefficient (Wildman–Crippen LogP) is 4.91. The summed E-state index contributed by atoms with van der Waals surface area (Å²) in [5.41, 5.74) is 1.56. The van der Waals surface area contributed by atoms with Gasteiger partial charge in [-0.25, -0.2) is 9.89 Å². The quantitative estimate of drug-likeness (QED) is 0.553. The van der Waals surface area contributed by atoms with Crippen LogP contribution in [-0.4, -0.2) is 22.9 Å². The van der Waals surface area contributed by atoms with E-state index in [-0.39, 0.29) is 15.6 Å². The Hall–Kier alpha value is -2.13. The number of nitrogens with one attached hydrogen (secondary N) is 1. The Morgan fingerprint density at radius 1 is 1.14 bits per heavy atom. The largest absolute Gasteiger partial charge is 0.300 e. The van der Waals surface area contributed by atoms with Crippen LogP contribution >= 0.6 is 50.9 Å². The van der Waals surface area contributed by atoms with E-state index in [1.807, 2.05) is 0 Å². The summed E-state index contributed by atoms with van der Waals surface area (Å²) in [5.74, 6) is -1.45. The first-order valence-corrected chi connectivity index (χ1v) is 10.5. The minimum absolute atomic E-state index is 0.160. The predicted molar refractivity (Wildman–Crippen MR) is 119 cm³/mol. The molecule has 2 aliphatic rings. The van der Waals surface area contributed by atoms with Crippen LogP contribution in [0.2, 0.25) is 10.0 Å². The number of benzene rings is 2. The summed E-state index contributed by atoms with van der Waals surface area (Å²) < 4.78 is 0.721. The topological polar surface area (TPSA) is 78.8 Å².